The first-order valence-corrected chi connectivity index (χ1v) is 9.89. The van der Waals surface area contributed by atoms with Gasteiger partial charge in [0.15, 0.2) is 0 Å². The number of amides is 1. The van der Waals surface area contributed by atoms with Crippen LogP contribution in [0.4, 0.5) is 0 Å². The molecule has 3 rings (SSSR count). The highest BCUT2D eigenvalue weighted by Gasteiger charge is 2.31. The molecule has 0 atom stereocenters. The van der Waals surface area contributed by atoms with Crippen molar-refractivity contribution in [2.75, 3.05) is 26.2 Å². The van der Waals surface area contributed by atoms with Crippen LogP contribution < -0.4 is 0 Å². The predicted molar refractivity (Wildman–Crippen MR) is 97.6 cm³/mol. The molecule has 0 aromatic heterocycles. The Balaban J connectivity index is 1.73. The number of carbonyl (C=O) groups excluding carboxylic acids is 1. The lowest BCUT2D eigenvalue weighted by atomic mass is 10.2. The van der Waals surface area contributed by atoms with Crippen LogP contribution in [0.15, 0.2) is 53.4 Å². The van der Waals surface area contributed by atoms with Crippen LogP contribution in [0.2, 0.25) is 10.0 Å². The predicted octanol–water partition coefficient (Wildman–Crippen LogP) is 3.14. The van der Waals surface area contributed by atoms with Crippen molar-refractivity contribution in [1.82, 2.24) is 9.21 Å². The fourth-order valence-corrected chi connectivity index (χ4v) is 4.87. The Hall–Kier alpha value is -1.60. The molecule has 1 aliphatic heterocycles. The van der Waals surface area contributed by atoms with Crippen LogP contribution in [-0.2, 0) is 10.0 Å². The smallest absolute Gasteiger partial charge is 0.253 e. The highest BCUT2D eigenvalue weighted by atomic mass is 35.5. The summed E-state index contributed by atoms with van der Waals surface area (Å²) in [5.74, 6) is -0.0987. The summed E-state index contributed by atoms with van der Waals surface area (Å²) in [5.41, 5.74) is 0.594. The zero-order valence-corrected chi connectivity index (χ0v) is 15.6. The molecule has 2 aromatic rings. The number of carbonyl (C=O) groups is 1. The van der Waals surface area contributed by atoms with Gasteiger partial charge in [0.2, 0.25) is 10.0 Å². The van der Waals surface area contributed by atoms with E-state index in [4.69, 9.17) is 23.2 Å². The average Bonchev–Trinajstić information content (AvgIpc) is 2.64. The van der Waals surface area contributed by atoms with Crippen molar-refractivity contribution in [3.8, 4) is 0 Å². The third-order valence-corrected chi connectivity index (χ3v) is 6.67. The Morgan fingerprint density at radius 3 is 2.20 bits per heavy atom. The first-order valence-electron chi connectivity index (χ1n) is 7.69. The Labute approximate surface area is 156 Å². The molecular weight excluding hydrogens is 383 g/mol. The Bertz CT molecular complexity index is 880. The highest BCUT2D eigenvalue weighted by molar-refractivity contribution is 7.89. The number of piperazine rings is 1. The zero-order valence-electron chi connectivity index (χ0n) is 13.2. The first-order chi connectivity index (χ1) is 11.9. The van der Waals surface area contributed by atoms with Gasteiger partial charge in [-0.2, -0.15) is 4.31 Å². The van der Waals surface area contributed by atoms with Gasteiger partial charge in [0.25, 0.3) is 5.91 Å². The van der Waals surface area contributed by atoms with Crippen LogP contribution in [0, 0.1) is 0 Å². The molecule has 0 radical (unpaired) electrons. The van der Waals surface area contributed by atoms with E-state index in [0.29, 0.717) is 23.7 Å². The van der Waals surface area contributed by atoms with Crippen molar-refractivity contribution in [3.63, 3.8) is 0 Å². The molecule has 1 saturated heterocycles. The van der Waals surface area contributed by atoms with Crippen LogP contribution in [0.25, 0.3) is 0 Å². The van der Waals surface area contributed by atoms with Gasteiger partial charge in [-0.3, -0.25) is 4.79 Å². The van der Waals surface area contributed by atoms with E-state index >= 15 is 0 Å². The molecule has 0 unspecified atom stereocenters. The summed E-state index contributed by atoms with van der Waals surface area (Å²) in [6.45, 7) is 1.07. The van der Waals surface area contributed by atoms with Crippen molar-refractivity contribution in [2.24, 2.45) is 0 Å². The van der Waals surface area contributed by atoms with Gasteiger partial charge in [-0.25, -0.2) is 8.42 Å². The number of sulfonamides is 1. The quantitative estimate of drug-likeness (QED) is 0.797. The topological polar surface area (TPSA) is 57.7 Å². The third-order valence-electron chi connectivity index (χ3n) is 4.06. The van der Waals surface area contributed by atoms with E-state index in [1.807, 2.05) is 6.07 Å². The van der Waals surface area contributed by atoms with E-state index < -0.39 is 10.0 Å². The minimum atomic E-state index is -3.75. The summed E-state index contributed by atoms with van der Waals surface area (Å²) in [6, 6.07) is 13.3. The molecular formula is C17H16Cl2N2O3S. The molecule has 8 heteroatoms. The molecule has 0 saturated carbocycles. The van der Waals surface area contributed by atoms with Crippen LogP contribution in [0.1, 0.15) is 10.4 Å². The summed E-state index contributed by atoms with van der Waals surface area (Å²) in [6.07, 6.45) is 0. The van der Waals surface area contributed by atoms with Crippen molar-refractivity contribution >= 4 is 39.1 Å². The van der Waals surface area contributed by atoms with Crippen molar-refractivity contribution in [2.45, 2.75) is 4.90 Å². The van der Waals surface area contributed by atoms with E-state index in [-0.39, 0.29) is 28.9 Å². The van der Waals surface area contributed by atoms with Gasteiger partial charge in [0.05, 0.1) is 5.02 Å². The number of benzene rings is 2. The zero-order chi connectivity index (χ0) is 18.0. The molecule has 0 aliphatic carbocycles. The normalized spacial score (nSPS) is 16.0. The molecule has 5 nitrogen and oxygen atoms in total. The van der Waals surface area contributed by atoms with Crippen LogP contribution in [0.5, 0.6) is 0 Å². The molecule has 1 fully saturated rings. The summed E-state index contributed by atoms with van der Waals surface area (Å²) < 4.78 is 26.9. The molecule has 1 amide bonds. The summed E-state index contributed by atoms with van der Waals surface area (Å²) in [4.78, 5) is 14.1. The molecule has 0 N–H and O–H groups in total. The van der Waals surface area contributed by atoms with Gasteiger partial charge in [-0.15, -0.1) is 0 Å². The molecule has 132 valence electrons. The monoisotopic (exact) mass is 398 g/mol. The fourth-order valence-electron chi connectivity index (χ4n) is 2.71. The third kappa shape index (κ3) is 3.82. The number of hydrogen-bond acceptors (Lipinski definition) is 3. The van der Waals surface area contributed by atoms with Gasteiger partial charge >= 0.3 is 0 Å². The average molecular weight is 399 g/mol. The van der Waals surface area contributed by atoms with Crippen LogP contribution >= 0.6 is 23.2 Å². The SMILES string of the molecule is O=C(c1ccccc1)N1CCN(S(=O)(=O)c2cc(Cl)ccc2Cl)CC1. The van der Waals surface area contributed by atoms with Crippen molar-refractivity contribution in [1.29, 1.82) is 0 Å². The largest absolute Gasteiger partial charge is 0.336 e. The molecule has 0 bridgehead atoms. The van der Waals surface area contributed by atoms with Gasteiger partial charge in [0, 0.05) is 36.8 Å². The lowest BCUT2D eigenvalue weighted by molar-refractivity contribution is 0.0698. The van der Waals surface area contributed by atoms with E-state index in [0.717, 1.165) is 0 Å². The second kappa shape index (κ2) is 7.33. The fraction of sp³-hybridized carbons (Fsp3) is 0.235. The number of halogens is 2. The second-order valence-corrected chi connectivity index (χ2v) is 8.39. The maximum atomic E-state index is 12.8. The van der Waals surface area contributed by atoms with Gasteiger partial charge < -0.3 is 4.90 Å². The van der Waals surface area contributed by atoms with Gasteiger partial charge in [-0.05, 0) is 30.3 Å². The molecule has 0 spiro atoms. The van der Waals surface area contributed by atoms with Gasteiger partial charge in [-0.1, -0.05) is 41.4 Å². The van der Waals surface area contributed by atoms with E-state index in [1.54, 1.807) is 35.2 Å². The summed E-state index contributed by atoms with van der Waals surface area (Å²) in [5, 5.41) is 0.438. The maximum absolute atomic E-state index is 12.8. The highest BCUT2D eigenvalue weighted by Crippen LogP contribution is 2.28. The molecule has 1 heterocycles. The summed E-state index contributed by atoms with van der Waals surface area (Å²) in [7, 11) is -3.75. The standard InChI is InChI=1S/C17H16Cl2N2O3S/c18-14-6-7-15(19)16(12-14)25(23,24)21-10-8-20(9-11-21)17(22)13-4-2-1-3-5-13/h1-7,12H,8-11H2. The van der Waals surface area contributed by atoms with Gasteiger partial charge in [0.1, 0.15) is 4.90 Å². The maximum Gasteiger partial charge on any atom is 0.253 e. The van der Waals surface area contributed by atoms with E-state index in [2.05, 4.69) is 0 Å². The molecule has 25 heavy (non-hydrogen) atoms. The Morgan fingerprint density at radius 1 is 0.920 bits per heavy atom. The Morgan fingerprint density at radius 2 is 1.56 bits per heavy atom. The van der Waals surface area contributed by atoms with Crippen LogP contribution in [-0.4, -0.2) is 49.7 Å². The second-order valence-electron chi connectivity index (χ2n) is 5.64. The van der Waals surface area contributed by atoms with E-state index in [9.17, 15) is 13.2 Å². The molecule has 1 aliphatic rings. The van der Waals surface area contributed by atoms with Crippen molar-refractivity contribution in [3.05, 3.63) is 64.1 Å². The lowest BCUT2D eigenvalue weighted by Crippen LogP contribution is -2.50. The minimum Gasteiger partial charge on any atom is -0.336 e. The Kier molecular flexibility index (Phi) is 5.34. The molecule has 2 aromatic carbocycles. The number of nitrogens with zero attached hydrogens (tertiary/aromatic N) is 2. The number of rotatable bonds is 3. The van der Waals surface area contributed by atoms with Crippen LogP contribution in [0.3, 0.4) is 0 Å². The summed E-state index contributed by atoms with van der Waals surface area (Å²) >= 11 is 11.9. The first kappa shape index (κ1) is 18.2. The lowest BCUT2D eigenvalue weighted by Gasteiger charge is -2.34. The van der Waals surface area contributed by atoms with Crippen molar-refractivity contribution < 1.29 is 13.2 Å². The van der Waals surface area contributed by atoms with E-state index in [1.165, 1.54) is 16.4 Å². The minimum absolute atomic E-state index is 0.00972. The number of hydrogen-bond donors (Lipinski definition) is 0.